The van der Waals surface area contributed by atoms with Gasteiger partial charge in [0.25, 0.3) is 0 Å². The van der Waals surface area contributed by atoms with Crippen LogP contribution in [0.15, 0.2) is 24.3 Å². The number of methoxy groups -OCH3 is 2. The van der Waals surface area contributed by atoms with Crippen molar-refractivity contribution in [2.24, 2.45) is 11.8 Å². The molecule has 2 N–H and O–H groups in total. The molecule has 5 rings (SSSR count). The van der Waals surface area contributed by atoms with E-state index in [2.05, 4.69) is 0 Å². The maximum Gasteiger partial charge on any atom is 0.310 e. The highest BCUT2D eigenvalue weighted by molar-refractivity contribution is 5.79. The van der Waals surface area contributed by atoms with Crippen molar-refractivity contribution in [1.29, 1.82) is 0 Å². The second-order valence-electron chi connectivity index (χ2n) is 7.35. The van der Waals surface area contributed by atoms with E-state index >= 15 is 0 Å². The third kappa shape index (κ3) is 2.52. The molecule has 2 aromatic rings. The number of phenolic OH excluding ortho intramolecular Hbond substituents is 1. The van der Waals surface area contributed by atoms with Gasteiger partial charge in [-0.1, -0.05) is 0 Å². The number of benzene rings is 2. The van der Waals surface area contributed by atoms with E-state index in [0.29, 0.717) is 22.6 Å². The fourth-order valence-corrected chi connectivity index (χ4v) is 4.63. The molecule has 2 aliphatic heterocycles. The molecule has 152 valence electrons. The molecule has 29 heavy (non-hydrogen) atoms. The number of carbonyl (C=O) groups excluding carboxylic acids is 1. The Hall–Kier alpha value is -3.13. The number of hydrogen-bond acceptors (Lipinski definition) is 8. The van der Waals surface area contributed by atoms with Crippen LogP contribution < -0.4 is 18.9 Å². The van der Waals surface area contributed by atoms with Gasteiger partial charge in [-0.05, 0) is 41.0 Å². The molecule has 1 aliphatic carbocycles. The van der Waals surface area contributed by atoms with Gasteiger partial charge >= 0.3 is 5.97 Å². The van der Waals surface area contributed by atoms with Gasteiger partial charge in [0.2, 0.25) is 12.5 Å². The van der Waals surface area contributed by atoms with Crippen molar-refractivity contribution in [3.63, 3.8) is 0 Å². The van der Waals surface area contributed by atoms with E-state index in [1.165, 1.54) is 14.2 Å². The minimum absolute atomic E-state index is 0.106. The molecule has 0 bridgehead atoms. The number of aliphatic hydroxyl groups excluding tert-OH is 1. The minimum atomic E-state index is -0.867. The standard InChI is InChI=1S/C21H20O8/c1-25-15-3-9(4-16(26-2)20(15)23)17-10-5-13-14(29-8-28-13)6-11(10)19(22)12-7-27-21(24)18(12)17/h3-6,12,17-19,22-23H,7-8H2,1-2H3/t12-,17-,18+,19+/m1/s1. The molecule has 2 aromatic carbocycles. The third-order valence-corrected chi connectivity index (χ3v) is 6.01. The monoisotopic (exact) mass is 400 g/mol. The van der Waals surface area contributed by atoms with Crippen LogP contribution in [0, 0.1) is 11.8 Å². The zero-order chi connectivity index (χ0) is 20.3. The second kappa shape index (κ2) is 6.45. The van der Waals surface area contributed by atoms with Crippen LogP contribution in [0.2, 0.25) is 0 Å². The quantitative estimate of drug-likeness (QED) is 0.755. The van der Waals surface area contributed by atoms with Crippen molar-refractivity contribution in [3.05, 3.63) is 41.0 Å². The Balaban J connectivity index is 1.75. The Morgan fingerprint density at radius 2 is 1.59 bits per heavy atom. The Kier molecular flexibility index (Phi) is 3.99. The van der Waals surface area contributed by atoms with Crippen LogP contribution in [0.25, 0.3) is 0 Å². The molecular weight excluding hydrogens is 380 g/mol. The molecule has 0 radical (unpaired) electrons. The Morgan fingerprint density at radius 3 is 2.21 bits per heavy atom. The van der Waals surface area contributed by atoms with Crippen molar-refractivity contribution in [2.75, 3.05) is 27.6 Å². The lowest BCUT2D eigenvalue weighted by Gasteiger charge is -2.37. The first-order valence-electron chi connectivity index (χ1n) is 9.26. The molecule has 1 fully saturated rings. The summed E-state index contributed by atoms with van der Waals surface area (Å²) in [4.78, 5) is 12.7. The van der Waals surface area contributed by atoms with E-state index in [4.69, 9.17) is 23.7 Å². The highest BCUT2D eigenvalue weighted by Gasteiger charge is 2.52. The molecule has 0 spiro atoms. The number of esters is 1. The maximum absolute atomic E-state index is 12.7. The third-order valence-electron chi connectivity index (χ3n) is 6.01. The van der Waals surface area contributed by atoms with Crippen molar-refractivity contribution in [3.8, 4) is 28.7 Å². The fourth-order valence-electron chi connectivity index (χ4n) is 4.63. The summed E-state index contributed by atoms with van der Waals surface area (Å²) in [5.74, 6) is -0.324. The van der Waals surface area contributed by atoms with Crippen LogP contribution in [0.1, 0.15) is 28.7 Å². The van der Waals surface area contributed by atoms with E-state index in [-0.39, 0.29) is 36.6 Å². The number of rotatable bonds is 3. The lowest BCUT2D eigenvalue weighted by atomic mass is 9.66. The Morgan fingerprint density at radius 1 is 0.966 bits per heavy atom. The number of ether oxygens (including phenoxy) is 5. The summed E-state index contributed by atoms with van der Waals surface area (Å²) in [6, 6.07) is 6.93. The van der Waals surface area contributed by atoms with Gasteiger partial charge in [0.15, 0.2) is 23.0 Å². The Bertz CT molecular complexity index is 975. The lowest BCUT2D eigenvalue weighted by molar-refractivity contribution is -0.141. The van der Waals surface area contributed by atoms with Crippen molar-refractivity contribution in [1.82, 2.24) is 0 Å². The van der Waals surface area contributed by atoms with Gasteiger partial charge < -0.3 is 33.9 Å². The molecule has 1 saturated heterocycles. The predicted molar refractivity (Wildman–Crippen MR) is 98.5 cm³/mol. The number of phenols is 1. The molecule has 0 saturated carbocycles. The first-order chi connectivity index (χ1) is 14.0. The van der Waals surface area contributed by atoms with E-state index in [9.17, 15) is 15.0 Å². The molecule has 8 heteroatoms. The first kappa shape index (κ1) is 17.9. The summed E-state index contributed by atoms with van der Waals surface area (Å²) in [6.07, 6.45) is -0.867. The summed E-state index contributed by atoms with van der Waals surface area (Å²) < 4.78 is 26.9. The average molecular weight is 400 g/mol. The van der Waals surface area contributed by atoms with E-state index in [1.807, 2.05) is 0 Å². The molecule has 4 atom stereocenters. The van der Waals surface area contributed by atoms with Crippen LogP contribution in [0.4, 0.5) is 0 Å². The molecule has 0 amide bonds. The number of carbonyl (C=O) groups is 1. The van der Waals surface area contributed by atoms with Crippen molar-refractivity contribution < 1.29 is 38.7 Å². The van der Waals surface area contributed by atoms with Gasteiger partial charge in [-0.15, -0.1) is 0 Å². The zero-order valence-electron chi connectivity index (χ0n) is 15.9. The fraction of sp³-hybridized carbons (Fsp3) is 0.381. The normalized spacial score (nSPS) is 26.5. The number of aromatic hydroxyl groups is 1. The van der Waals surface area contributed by atoms with E-state index < -0.39 is 23.9 Å². The highest BCUT2D eigenvalue weighted by Crippen LogP contribution is 2.55. The lowest BCUT2D eigenvalue weighted by Crippen LogP contribution is -2.34. The first-order valence-corrected chi connectivity index (χ1v) is 9.26. The van der Waals surface area contributed by atoms with Gasteiger partial charge in [0.05, 0.1) is 32.8 Å². The average Bonchev–Trinajstić information content (AvgIpc) is 3.34. The van der Waals surface area contributed by atoms with Crippen LogP contribution >= 0.6 is 0 Å². The van der Waals surface area contributed by atoms with Gasteiger partial charge in [-0.2, -0.15) is 0 Å². The molecule has 0 aromatic heterocycles. The topological polar surface area (TPSA) is 104 Å². The largest absolute Gasteiger partial charge is 0.502 e. The molecular formula is C21H20O8. The van der Waals surface area contributed by atoms with E-state index in [1.54, 1.807) is 24.3 Å². The van der Waals surface area contributed by atoms with Gasteiger partial charge in [-0.3, -0.25) is 4.79 Å². The van der Waals surface area contributed by atoms with Gasteiger partial charge in [-0.25, -0.2) is 0 Å². The minimum Gasteiger partial charge on any atom is -0.502 e. The molecule has 0 unspecified atom stereocenters. The van der Waals surface area contributed by atoms with Crippen molar-refractivity contribution >= 4 is 5.97 Å². The van der Waals surface area contributed by atoms with Crippen LogP contribution in [0.3, 0.4) is 0 Å². The Labute approximate surface area is 166 Å². The molecule has 3 aliphatic rings. The van der Waals surface area contributed by atoms with Crippen molar-refractivity contribution in [2.45, 2.75) is 12.0 Å². The zero-order valence-corrected chi connectivity index (χ0v) is 15.9. The van der Waals surface area contributed by atoms with Gasteiger partial charge in [0.1, 0.15) is 0 Å². The number of aliphatic hydroxyl groups is 1. The summed E-state index contributed by atoms with van der Waals surface area (Å²) in [6.45, 7) is 0.246. The highest BCUT2D eigenvalue weighted by atomic mass is 16.7. The maximum atomic E-state index is 12.7. The van der Waals surface area contributed by atoms with Crippen LogP contribution in [-0.4, -0.2) is 43.8 Å². The molecule has 8 nitrogen and oxygen atoms in total. The second-order valence-corrected chi connectivity index (χ2v) is 7.35. The summed E-state index contributed by atoms with van der Waals surface area (Å²) in [5, 5.41) is 21.3. The number of cyclic esters (lactones) is 1. The molecule has 2 heterocycles. The smallest absolute Gasteiger partial charge is 0.310 e. The SMILES string of the molecule is COc1cc([C@@H]2c3cc4c(cc3[C@H](O)[C@@H]3COC(=O)[C@H]23)OCO4)cc(OC)c1O. The number of fused-ring (bicyclic) bond motifs is 3. The van der Waals surface area contributed by atoms with Crippen LogP contribution in [-0.2, 0) is 9.53 Å². The van der Waals surface area contributed by atoms with E-state index in [0.717, 1.165) is 5.56 Å². The summed E-state index contributed by atoms with van der Waals surface area (Å²) in [7, 11) is 2.89. The van der Waals surface area contributed by atoms with Gasteiger partial charge in [0, 0.05) is 11.8 Å². The summed E-state index contributed by atoms with van der Waals surface area (Å²) in [5.41, 5.74) is 2.12. The van der Waals surface area contributed by atoms with Crippen LogP contribution in [0.5, 0.6) is 28.7 Å². The summed E-state index contributed by atoms with van der Waals surface area (Å²) >= 11 is 0. The predicted octanol–water partition coefficient (Wildman–Crippen LogP) is 2.11. The number of hydrogen-bond donors (Lipinski definition) is 2.